The number of H-pyrrole nitrogens is 1. The summed E-state index contributed by atoms with van der Waals surface area (Å²) in [5.74, 6) is 0.286. The van der Waals surface area contributed by atoms with E-state index in [-0.39, 0.29) is 23.2 Å². The monoisotopic (exact) mass is 300 g/mol. The zero-order valence-corrected chi connectivity index (χ0v) is 11.7. The number of benzene rings is 1. The Morgan fingerprint density at radius 2 is 1.95 bits per heavy atom. The van der Waals surface area contributed by atoms with Gasteiger partial charge in [-0.05, 0) is 31.0 Å². The fourth-order valence-electron chi connectivity index (χ4n) is 2.60. The summed E-state index contributed by atoms with van der Waals surface area (Å²) in [6.45, 7) is 0. The van der Waals surface area contributed by atoms with Gasteiger partial charge in [0.05, 0.1) is 22.5 Å². The highest BCUT2D eigenvalue weighted by Gasteiger charge is 2.26. The number of sulfone groups is 1. The maximum atomic E-state index is 12.0. The average Bonchev–Trinajstić information content (AvgIpc) is 2.65. The molecule has 1 aromatic heterocycles. The van der Waals surface area contributed by atoms with E-state index < -0.39 is 9.84 Å². The minimum atomic E-state index is -2.93. The Hall–Kier alpha value is -1.27. The molecule has 0 radical (unpaired) electrons. The molecule has 7 heteroatoms. The number of nitrogens with zero attached hydrogens (tertiary/aromatic N) is 1. The van der Waals surface area contributed by atoms with E-state index in [2.05, 4.69) is 4.98 Å². The van der Waals surface area contributed by atoms with Crippen molar-refractivity contribution in [3.8, 4) is 0 Å². The zero-order valence-electron chi connectivity index (χ0n) is 10.1. The van der Waals surface area contributed by atoms with E-state index >= 15 is 0 Å². The predicted molar refractivity (Wildman–Crippen MR) is 74.5 cm³/mol. The number of halogens is 1. The summed E-state index contributed by atoms with van der Waals surface area (Å²) in [5.41, 5.74) is 1.26. The molecule has 2 heterocycles. The molecular formula is C12H13ClN2O3S. The first-order valence-electron chi connectivity index (χ1n) is 6.06. The molecular weight excluding hydrogens is 288 g/mol. The van der Waals surface area contributed by atoms with Gasteiger partial charge in [0.25, 0.3) is 0 Å². The minimum Gasteiger partial charge on any atom is -0.305 e. The third-order valence-electron chi connectivity index (χ3n) is 3.57. The smallest absolute Gasteiger partial charge is 0.305 e. The van der Waals surface area contributed by atoms with Gasteiger partial charge >= 0.3 is 5.69 Å². The van der Waals surface area contributed by atoms with Crippen molar-refractivity contribution in [2.75, 3.05) is 11.5 Å². The molecule has 5 nitrogen and oxygen atoms in total. The number of aromatic nitrogens is 2. The van der Waals surface area contributed by atoms with Crippen LogP contribution in [0.15, 0.2) is 23.0 Å². The topological polar surface area (TPSA) is 71.9 Å². The largest absolute Gasteiger partial charge is 0.326 e. The van der Waals surface area contributed by atoms with Gasteiger partial charge in [0, 0.05) is 11.1 Å². The fourth-order valence-corrected chi connectivity index (χ4v) is 4.24. The van der Waals surface area contributed by atoms with Gasteiger partial charge in [-0.15, -0.1) is 0 Å². The van der Waals surface area contributed by atoms with E-state index in [1.165, 1.54) is 0 Å². The summed E-state index contributed by atoms with van der Waals surface area (Å²) >= 11 is 5.89. The molecule has 0 unspecified atom stereocenters. The third kappa shape index (κ3) is 2.30. The summed E-state index contributed by atoms with van der Waals surface area (Å²) in [4.78, 5) is 14.8. The maximum absolute atomic E-state index is 12.0. The summed E-state index contributed by atoms with van der Waals surface area (Å²) in [6.07, 6.45) is 0.968. The van der Waals surface area contributed by atoms with Crippen molar-refractivity contribution >= 4 is 32.5 Å². The molecule has 102 valence electrons. The molecule has 0 aliphatic carbocycles. The van der Waals surface area contributed by atoms with Crippen LogP contribution in [0.2, 0.25) is 5.02 Å². The first-order chi connectivity index (χ1) is 8.96. The van der Waals surface area contributed by atoms with Gasteiger partial charge in [-0.25, -0.2) is 13.2 Å². The summed E-state index contributed by atoms with van der Waals surface area (Å²) in [5, 5.41) is 0.562. The Morgan fingerprint density at radius 3 is 2.63 bits per heavy atom. The van der Waals surface area contributed by atoms with E-state index in [0.29, 0.717) is 23.4 Å². The van der Waals surface area contributed by atoms with Crippen molar-refractivity contribution in [2.24, 2.45) is 0 Å². The number of nitrogens with one attached hydrogen (secondary N) is 1. The molecule has 0 atom stereocenters. The highest BCUT2D eigenvalue weighted by molar-refractivity contribution is 7.91. The molecule has 19 heavy (non-hydrogen) atoms. The van der Waals surface area contributed by atoms with Crippen molar-refractivity contribution in [1.82, 2.24) is 9.55 Å². The summed E-state index contributed by atoms with van der Waals surface area (Å²) < 4.78 is 24.5. The first kappa shape index (κ1) is 12.7. The zero-order chi connectivity index (χ0) is 13.6. The number of imidazole rings is 1. The lowest BCUT2D eigenvalue weighted by molar-refractivity contribution is 0.450. The molecule has 1 fully saturated rings. The summed E-state index contributed by atoms with van der Waals surface area (Å²) in [7, 11) is -2.93. The molecule has 0 spiro atoms. The Balaban J connectivity index is 2.06. The molecule has 0 amide bonds. The fraction of sp³-hybridized carbons (Fsp3) is 0.417. The number of aromatic amines is 1. The molecule has 2 aromatic rings. The van der Waals surface area contributed by atoms with Crippen molar-refractivity contribution < 1.29 is 8.42 Å². The molecule has 1 aliphatic heterocycles. The van der Waals surface area contributed by atoms with Crippen LogP contribution in [0.1, 0.15) is 18.9 Å². The molecule has 1 aromatic carbocycles. The molecule has 0 saturated carbocycles. The van der Waals surface area contributed by atoms with Gasteiger partial charge in [-0.2, -0.15) is 0 Å². The molecule has 0 bridgehead atoms. The molecule has 1 N–H and O–H groups in total. The van der Waals surface area contributed by atoms with Crippen LogP contribution in [0.4, 0.5) is 0 Å². The van der Waals surface area contributed by atoms with E-state index in [9.17, 15) is 13.2 Å². The second-order valence-corrected chi connectivity index (χ2v) is 7.58. The second kappa shape index (κ2) is 4.38. The lowest BCUT2D eigenvalue weighted by atomic mass is 10.1. The van der Waals surface area contributed by atoms with E-state index in [1.54, 1.807) is 22.8 Å². The van der Waals surface area contributed by atoms with Crippen molar-refractivity contribution in [3.05, 3.63) is 33.7 Å². The first-order valence-corrected chi connectivity index (χ1v) is 8.26. The third-order valence-corrected chi connectivity index (χ3v) is 5.52. The van der Waals surface area contributed by atoms with E-state index in [4.69, 9.17) is 11.6 Å². The van der Waals surface area contributed by atoms with Gasteiger partial charge in [-0.3, -0.25) is 4.57 Å². The van der Waals surface area contributed by atoms with Crippen molar-refractivity contribution in [2.45, 2.75) is 18.9 Å². The van der Waals surface area contributed by atoms with Gasteiger partial charge in [0.2, 0.25) is 0 Å². The lowest BCUT2D eigenvalue weighted by Gasteiger charge is -2.23. The SMILES string of the molecule is O=c1[nH]c2cc(Cl)ccc2n1C1CCS(=O)(=O)CC1. The van der Waals surface area contributed by atoms with Gasteiger partial charge < -0.3 is 4.98 Å². The van der Waals surface area contributed by atoms with Crippen LogP contribution in [0.25, 0.3) is 11.0 Å². The lowest BCUT2D eigenvalue weighted by Crippen LogP contribution is -2.30. The minimum absolute atomic E-state index is 0.0639. The van der Waals surface area contributed by atoms with Crippen LogP contribution in [-0.2, 0) is 9.84 Å². The van der Waals surface area contributed by atoms with Crippen molar-refractivity contribution in [3.63, 3.8) is 0 Å². The Labute approximate surface area is 115 Å². The van der Waals surface area contributed by atoms with Gasteiger partial charge in [0.1, 0.15) is 9.84 Å². The van der Waals surface area contributed by atoms with E-state index in [0.717, 1.165) is 5.52 Å². The van der Waals surface area contributed by atoms with Crippen LogP contribution in [0.5, 0.6) is 0 Å². The Morgan fingerprint density at radius 1 is 1.26 bits per heavy atom. The number of hydrogen-bond donors (Lipinski definition) is 1. The van der Waals surface area contributed by atoms with Gasteiger partial charge in [0.15, 0.2) is 0 Å². The number of rotatable bonds is 1. The van der Waals surface area contributed by atoms with Crippen molar-refractivity contribution in [1.29, 1.82) is 0 Å². The number of hydrogen-bond acceptors (Lipinski definition) is 3. The van der Waals surface area contributed by atoms with Crippen LogP contribution >= 0.6 is 11.6 Å². The van der Waals surface area contributed by atoms with Crippen LogP contribution in [-0.4, -0.2) is 29.5 Å². The standard InChI is InChI=1S/C12H13ClN2O3S/c13-8-1-2-11-10(7-8)14-12(16)15(11)9-3-5-19(17,18)6-4-9/h1-2,7,9H,3-6H2,(H,14,16). The van der Waals surface area contributed by atoms with Crippen LogP contribution in [0, 0.1) is 0 Å². The molecule has 1 aliphatic rings. The predicted octanol–water partition coefficient (Wildman–Crippen LogP) is 1.73. The van der Waals surface area contributed by atoms with Gasteiger partial charge in [-0.1, -0.05) is 11.6 Å². The highest BCUT2D eigenvalue weighted by Crippen LogP contribution is 2.26. The second-order valence-electron chi connectivity index (χ2n) is 4.84. The average molecular weight is 301 g/mol. The number of fused-ring (bicyclic) bond motifs is 1. The Bertz CT molecular complexity index is 777. The highest BCUT2D eigenvalue weighted by atomic mass is 35.5. The van der Waals surface area contributed by atoms with E-state index in [1.807, 2.05) is 0 Å². The Kier molecular flexibility index (Phi) is 2.94. The normalized spacial score (nSPS) is 19.8. The van der Waals surface area contributed by atoms with Crippen LogP contribution in [0.3, 0.4) is 0 Å². The quantitative estimate of drug-likeness (QED) is 0.872. The molecule has 3 rings (SSSR count). The molecule has 1 saturated heterocycles. The van der Waals surface area contributed by atoms with Crippen LogP contribution < -0.4 is 5.69 Å². The maximum Gasteiger partial charge on any atom is 0.326 e. The summed E-state index contributed by atoms with van der Waals surface area (Å²) in [6, 6.07) is 5.16.